The third-order valence-electron chi connectivity index (χ3n) is 5.12. The van der Waals surface area contributed by atoms with Gasteiger partial charge in [0, 0.05) is 19.3 Å². The van der Waals surface area contributed by atoms with E-state index in [0.29, 0.717) is 18.3 Å². The lowest BCUT2D eigenvalue weighted by Crippen LogP contribution is -2.57. The average molecular weight is 290 g/mol. The molecule has 4 rings (SSSR count). The highest BCUT2D eigenvalue weighted by molar-refractivity contribution is 5.91. The number of hydrogen-bond acceptors (Lipinski definition) is 4. The first-order valence-electron chi connectivity index (χ1n) is 7.53. The van der Waals surface area contributed by atoms with E-state index in [2.05, 4.69) is 13.0 Å². The van der Waals surface area contributed by atoms with Crippen LogP contribution in [-0.4, -0.2) is 24.1 Å². The molecular weight excluding hydrogens is 268 g/mol. The van der Waals surface area contributed by atoms with Crippen molar-refractivity contribution in [3.63, 3.8) is 0 Å². The highest BCUT2D eigenvalue weighted by Crippen LogP contribution is 2.68. The van der Waals surface area contributed by atoms with Gasteiger partial charge in [-0.05, 0) is 39.2 Å². The molecule has 21 heavy (non-hydrogen) atoms. The molecule has 0 spiro atoms. The van der Waals surface area contributed by atoms with Gasteiger partial charge >= 0.3 is 5.97 Å². The van der Waals surface area contributed by atoms with E-state index in [0.717, 1.165) is 12.0 Å². The predicted molar refractivity (Wildman–Crippen MR) is 77.3 cm³/mol. The molecule has 0 aromatic carbocycles. The first kappa shape index (κ1) is 14.5. The van der Waals surface area contributed by atoms with Gasteiger partial charge < -0.3 is 9.47 Å². The topological polar surface area (TPSA) is 52.6 Å². The highest BCUT2D eigenvalue weighted by Gasteiger charge is 2.70. The maximum Gasteiger partial charge on any atom is 0.304 e. The maximum atomic E-state index is 12.3. The normalized spacial score (nSPS) is 39.1. The fraction of sp³-hybridized carbons (Fsp3) is 0.647. The number of ether oxygens (including phenoxy) is 2. The van der Waals surface area contributed by atoms with E-state index in [9.17, 15) is 9.59 Å². The maximum absolute atomic E-state index is 12.3. The Morgan fingerprint density at radius 1 is 1.43 bits per heavy atom. The average Bonchev–Trinajstić information content (AvgIpc) is 2.45. The molecular formula is C17H22O4. The lowest BCUT2D eigenvalue weighted by Gasteiger charge is -2.56. The summed E-state index contributed by atoms with van der Waals surface area (Å²) in [4.78, 5) is 23.7. The van der Waals surface area contributed by atoms with Crippen molar-refractivity contribution in [3.05, 3.63) is 23.3 Å². The molecule has 2 fully saturated rings. The van der Waals surface area contributed by atoms with Crippen molar-refractivity contribution in [3.8, 4) is 0 Å². The number of esters is 1. The molecule has 1 saturated heterocycles. The summed E-state index contributed by atoms with van der Waals surface area (Å²) in [5.74, 6) is 0.338. The Morgan fingerprint density at radius 2 is 2.14 bits per heavy atom. The molecule has 114 valence electrons. The van der Waals surface area contributed by atoms with Gasteiger partial charge in [0.25, 0.3) is 0 Å². The SMILES string of the molecule is CC(=O)O[C@H]1O[C@@H]2C=C(C)[C@H]3C[C@@H]2[C@]13CC(=O)C=C(C)C. The van der Waals surface area contributed by atoms with Crippen molar-refractivity contribution in [2.24, 2.45) is 17.3 Å². The second-order valence-corrected chi connectivity index (χ2v) is 6.82. The number of carbonyl (C=O) groups excluding carboxylic acids is 2. The van der Waals surface area contributed by atoms with Crippen LogP contribution in [0.4, 0.5) is 0 Å². The molecule has 4 heteroatoms. The Morgan fingerprint density at radius 3 is 2.71 bits per heavy atom. The van der Waals surface area contributed by atoms with Gasteiger partial charge in [0.15, 0.2) is 5.78 Å². The van der Waals surface area contributed by atoms with Crippen molar-refractivity contribution in [1.29, 1.82) is 0 Å². The van der Waals surface area contributed by atoms with E-state index in [4.69, 9.17) is 9.47 Å². The van der Waals surface area contributed by atoms with Crippen molar-refractivity contribution in [2.45, 2.75) is 52.9 Å². The van der Waals surface area contributed by atoms with Crippen molar-refractivity contribution in [1.82, 2.24) is 0 Å². The van der Waals surface area contributed by atoms with Gasteiger partial charge in [-0.3, -0.25) is 9.59 Å². The van der Waals surface area contributed by atoms with E-state index in [1.807, 2.05) is 13.8 Å². The van der Waals surface area contributed by atoms with E-state index in [1.54, 1.807) is 6.08 Å². The van der Waals surface area contributed by atoms with Crippen molar-refractivity contribution >= 4 is 11.8 Å². The first-order chi connectivity index (χ1) is 9.84. The van der Waals surface area contributed by atoms with Gasteiger partial charge in [-0.15, -0.1) is 0 Å². The Kier molecular flexibility index (Phi) is 3.32. The van der Waals surface area contributed by atoms with Gasteiger partial charge in [0.05, 0.1) is 11.5 Å². The third kappa shape index (κ3) is 2.08. The van der Waals surface area contributed by atoms with E-state index in [1.165, 1.54) is 12.5 Å². The van der Waals surface area contributed by atoms with Gasteiger partial charge in [0.1, 0.15) is 0 Å². The smallest absolute Gasteiger partial charge is 0.304 e. The Labute approximate surface area is 125 Å². The number of ketones is 1. The van der Waals surface area contributed by atoms with E-state index < -0.39 is 6.29 Å². The van der Waals surface area contributed by atoms with Crippen LogP contribution in [0.3, 0.4) is 0 Å². The summed E-state index contributed by atoms with van der Waals surface area (Å²) in [6, 6.07) is 0. The Balaban J connectivity index is 1.91. The fourth-order valence-electron chi connectivity index (χ4n) is 4.38. The van der Waals surface area contributed by atoms with Crippen LogP contribution in [0.25, 0.3) is 0 Å². The predicted octanol–water partition coefficient (Wildman–Crippen LogP) is 2.78. The van der Waals surface area contributed by atoms with Crippen LogP contribution in [0, 0.1) is 17.3 Å². The van der Waals surface area contributed by atoms with E-state index in [-0.39, 0.29) is 23.3 Å². The summed E-state index contributed by atoms with van der Waals surface area (Å²) in [6.07, 6.45) is 4.64. The lowest BCUT2D eigenvalue weighted by molar-refractivity contribution is -0.202. The largest absolute Gasteiger partial charge is 0.435 e. The Bertz CT molecular complexity index is 555. The molecule has 4 aliphatic rings. The molecule has 1 heterocycles. The zero-order valence-corrected chi connectivity index (χ0v) is 13.0. The molecule has 1 saturated carbocycles. The molecule has 4 bridgehead atoms. The summed E-state index contributed by atoms with van der Waals surface area (Å²) in [5, 5.41) is 0. The third-order valence-corrected chi connectivity index (χ3v) is 5.12. The van der Waals surface area contributed by atoms with Crippen LogP contribution in [0.15, 0.2) is 23.3 Å². The molecule has 0 unspecified atom stereocenters. The summed E-state index contributed by atoms with van der Waals surface area (Å²) in [5.41, 5.74) is 1.91. The van der Waals surface area contributed by atoms with E-state index >= 15 is 0 Å². The molecule has 1 aliphatic heterocycles. The van der Waals surface area contributed by atoms with Crippen LogP contribution in [-0.2, 0) is 19.1 Å². The number of carbonyl (C=O) groups is 2. The number of hydrogen-bond donors (Lipinski definition) is 0. The molecule has 0 aromatic rings. The summed E-state index contributed by atoms with van der Waals surface area (Å²) in [7, 11) is 0. The van der Waals surface area contributed by atoms with Gasteiger partial charge in [0.2, 0.25) is 6.29 Å². The first-order valence-corrected chi connectivity index (χ1v) is 7.53. The second-order valence-electron chi connectivity index (χ2n) is 6.82. The molecule has 3 aliphatic carbocycles. The molecule has 0 aromatic heterocycles. The van der Waals surface area contributed by atoms with Crippen molar-refractivity contribution in [2.75, 3.05) is 0 Å². The second kappa shape index (κ2) is 4.80. The summed E-state index contributed by atoms with van der Waals surface area (Å²) < 4.78 is 11.4. The molecule has 5 atom stereocenters. The minimum atomic E-state index is -0.591. The van der Waals surface area contributed by atoms with Gasteiger partial charge in [-0.1, -0.05) is 17.2 Å². The zero-order valence-electron chi connectivity index (χ0n) is 13.0. The fourth-order valence-corrected chi connectivity index (χ4v) is 4.38. The van der Waals surface area contributed by atoms with Crippen LogP contribution in [0.5, 0.6) is 0 Å². The highest BCUT2D eigenvalue weighted by atomic mass is 16.7. The monoisotopic (exact) mass is 290 g/mol. The van der Waals surface area contributed by atoms with Crippen LogP contribution < -0.4 is 0 Å². The molecule has 0 amide bonds. The minimum absolute atomic E-state index is 0.0150. The molecule has 0 radical (unpaired) electrons. The van der Waals surface area contributed by atoms with Crippen molar-refractivity contribution < 1.29 is 19.1 Å². The quantitative estimate of drug-likeness (QED) is 0.454. The van der Waals surface area contributed by atoms with Crippen LogP contribution in [0.2, 0.25) is 0 Å². The molecule has 0 N–H and O–H groups in total. The standard InChI is InChI=1S/C17H22O4/c1-9(2)5-12(19)8-17-13-7-14(17)15(6-10(13)3)21-16(17)20-11(4)18/h5-6,13-16H,7-8H2,1-4H3/t13-,14+,15-,16+,17-/m1/s1. The van der Waals surface area contributed by atoms with Crippen LogP contribution >= 0.6 is 0 Å². The minimum Gasteiger partial charge on any atom is -0.435 e. The van der Waals surface area contributed by atoms with Gasteiger partial charge in [-0.25, -0.2) is 0 Å². The lowest BCUT2D eigenvalue weighted by atomic mass is 9.46. The summed E-state index contributed by atoms with van der Waals surface area (Å²) in [6.45, 7) is 7.31. The Hall–Kier alpha value is -1.42. The number of rotatable bonds is 4. The summed E-state index contributed by atoms with van der Waals surface area (Å²) >= 11 is 0. The number of allylic oxidation sites excluding steroid dienone is 3. The molecule has 4 nitrogen and oxygen atoms in total. The van der Waals surface area contributed by atoms with Crippen LogP contribution in [0.1, 0.15) is 40.5 Å². The van der Waals surface area contributed by atoms with Gasteiger partial charge in [-0.2, -0.15) is 0 Å². The zero-order chi connectivity index (χ0) is 15.4.